The van der Waals surface area contributed by atoms with E-state index in [1.54, 1.807) is 37.3 Å². The van der Waals surface area contributed by atoms with E-state index in [1.807, 2.05) is 0 Å². The number of nitrogens with one attached hydrogen (secondary N) is 1. The van der Waals surface area contributed by atoms with Crippen molar-refractivity contribution in [3.63, 3.8) is 0 Å². The molecule has 0 fully saturated rings. The zero-order chi connectivity index (χ0) is 17.9. The van der Waals surface area contributed by atoms with Gasteiger partial charge in [0.25, 0.3) is 5.91 Å². The highest BCUT2D eigenvalue weighted by molar-refractivity contribution is 5.99. The van der Waals surface area contributed by atoms with Crippen molar-refractivity contribution >= 4 is 17.6 Å². The van der Waals surface area contributed by atoms with E-state index in [-0.39, 0.29) is 6.42 Å². The van der Waals surface area contributed by atoms with E-state index in [2.05, 4.69) is 10.4 Å². The smallest absolute Gasteiger partial charge is 0.334 e. The Hall–Kier alpha value is -3.23. The second-order valence-corrected chi connectivity index (χ2v) is 5.18. The summed E-state index contributed by atoms with van der Waals surface area (Å²) in [6.45, 7) is 1.61. The fourth-order valence-corrected chi connectivity index (χ4v) is 2.44. The van der Waals surface area contributed by atoms with Crippen molar-refractivity contribution in [3.8, 4) is 0 Å². The van der Waals surface area contributed by atoms with Gasteiger partial charge in [0.05, 0.1) is 4.92 Å². The van der Waals surface area contributed by atoms with Gasteiger partial charge in [0.15, 0.2) is 5.54 Å². The fraction of sp³-hybridized carbons (Fsp3) is 0.267. The highest BCUT2D eigenvalue weighted by Gasteiger charge is 2.42. The molecule has 2 N–H and O–H groups in total. The largest absolute Gasteiger partial charge is 0.479 e. The minimum atomic E-state index is -1.70. The molecule has 2 rings (SSSR count). The summed E-state index contributed by atoms with van der Waals surface area (Å²) in [6, 6.07) is 8.17. The molecular weight excluding hydrogens is 316 g/mol. The second kappa shape index (κ2) is 6.49. The number of benzene rings is 1. The predicted octanol–water partition coefficient (Wildman–Crippen LogP) is 1.45. The molecule has 1 heterocycles. The summed E-state index contributed by atoms with van der Waals surface area (Å²) in [6.07, 6.45) is 1.14. The number of carbonyl (C=O) groups is 2. The van der Waals surface area contributed by atoms with Crippen LogP contribution in [0.2, 0.25) is 0 Å². The molecule has 24 heavy (non-hydrogen) atoms. The van der Waals surface area contributed by atoms with Crippen LogP contribution in [0, 0.1) is 10.1 Å². The topological polar surface area (TPSA) is 127 Å². The average molecular weight is 332 g/mol. The van der Waals surface area contributed by atoms with Crippen LogP contribution < -0.4 is 5.32 Å². The van der Waals surface area contributed by atoms with Crippen LogP contribution in [-0.4, -0.2) is 31.7 Å². The molecule has 126 valence electrons. The number of aryl methyl sites for hydroxylation is 1. The predicted molar refractivity (Wildman–Crippen MR) is 83.4 cm³/mol. The van der Waals surface area contributed by atoms with Crippen LogP contribution in [0.25, 0.3) is 0 Å². The molecule has 1 aromatic heterocycles. The number of nitrogens with zero attached hydrogens (tertiary/aromatic N) is 3. The van der Waals surface area contributed by atoms with E-state index in [9.17, 15) is 24.8 Å². The molecule has 0 radical (unpaired) electrons. The maximum absolute atomic E-state index is 12.5. The molecule has 1 unspecified atom stereocenters. The molecule has 2 aromatic rings. The Morgan fingerprint density at radius 1 is 1.38 bits per heavy atom. The molecule has 0 aliphatic rings. The highest BCUT2D eigenvalue weighted by Crippen LogP contribution is 2.27. The van der Waals surface area contributed by atoms with Crippen LogP contribution in [0.5, 0.6) is 0 Å². The minimum absolute atomic E-state index is 0.0543. The maximum atomic E-state index is 12.5. The summed E-state index contributed by atoms with van der Waals surface area (Å²) in [7, 11) is 1.44. The minimum Gasteiger partial charge on any atom is -0.479 e. The standard InChI is InChI=1S/C15H16N4O5/c1-3-15(14(21)22,10-7-5-4-6-8-10)16-13(20)12-11(19(23)24)9-18(2)17-12/h4-9H,3H2,1-2H3,(H,16,20)(H,21,22). The van der Waals surface area contributed by atoms with Gasteiger partial charge in [0, 0.05) is 7.05 Å². The van der Waals surface area contributed by atoms with E-state index < -0.39 is 33.7 Å². The van der Waals surface area contributed by atoms with Crippen molar-refractivity contribution in [2.45, 2.75) is 18.9 Å². The number of carbonyl (C=O) groups excluding carboxylic acids is 1. The lowest BCUT2D eigenvalue weighted by Gasteiger charge is -2.29. The van der Waals surface area contributed by atoms with E-state index in [1.165, 1.54) is 7.05 Å². The first kappa shape index (κ1) is 17.1. The van der Waals surface area contributed by atoms with Gasteiger partial charge in [-0.05, 0) is 12.0 Å². The summed E-state index contributed by atoms with van der Waals surface area (Å²) in [5.74, 6) is -2.18. The number of carboxylic acids is 1. The first-order valence-electron chi connectivity index (χ1n) is 7.11. The van der Waals surface area contributed by atoms with Gasteiger partial charge in [-0.2, -0.15) is 5.10 Å². The Kier molecular flexibility index (Phi) is 4.63. The summed E-state index contributed by atoms with van der Waals surface area (Å²) in [4.78, 5) is 34.6. The van der Waals surface area contributed by atoms with Crippen LogP contribution in [0.15, 0.2) is 36.5 Å². The van der Waals surface area contributed by atoms with E-state index in [0.29, 0.717) is 5.56 Å². The van der Waals surface area contributed by atoms with Crippen LogP contribution in [0.4, 0.5) is 5.69 Å². The number of rotatable bonds is 6. The van der Waals surface area contributed by atoms with Crippen LogP contribution in [-0.2, 0) is 17.4 Å². The molecule has 0 saturated heterocycles. The second-order valence-electron chi connectivity index (χ2n) is 5.18. The molecule has 0 aliphatic carbocycles. The normalized spacial score (nSPS) is 13.1. The lowest BCUT2D eigenvalue weighted by molar-refractivity contribution is -0.385. The summed E-state index contributed by atoms with van der Waals surface area (Å²) in [5.41, 5.74) is -2.26. The lowest BCUT2D eigenvalue weighted by atomic mass is 9.87. The van der Waals surface area contributed by atoms with Gasteiger partial charge in [0.1, 0.15) is 6.20 Å². The zero-order valence-electron chi connectivity index (χ0n) is 13.1. The number of hydrogen-bond acceptors (Lipinski definition) is 5. The van der Waals surface area contributed by atoms with Crippen molar-refractivity contribution in [1.82, 2.24) is 15.1 Å². The number of aliphatic carboxylic acids is 1. The Morgan fingerprint density at radius 2 is 2.00 bits per heavy atom. The number of carboxylic acid groups (broad SMARTS) is 1. The molecule has 1 aromatic carbocycles. The molecule has 0 bridgehead atoms. The molecule has 9 nitrogen and oxygen atoms in total. The number of amides is 1. The molecule has 1 atom stereocenters. The van der Waals surface area contributed by atoms with Gasteiger partial charge in [-0.3, -0.25) is 19.6 Å². The quantitative estimate of drug-likeness (QED) is 0.609. The molecule has 1 amide bonds. The van der Waals surface area contributed by atoms with E-state index in [0.717, 1.165) is 10.9 Å². The zero-order valence-corrected chi connectivity index (χ0v) is 13.1. The monoisotopic (exact) mass is 332 g/mol. The van der Waals surface area contributed by atoms with Gasteiger partial charge in [-0.1, -0.05) is 37.3 Å². The third kappa shape index (κ3) is 2.96. The highest BCUT2D eigenvalue weighted by atomic mass is 16.6. The fourth-order valence-electron chi connectivity index (χ4n) is 2.44. The van der Waals surface area contributed by atoms with Crippen molar-refractivity contribution in [1.29, 1.82) is 0 Å². The molecule has 0 saturated carbocycles. The van der Waals surface area contributed by atoms with Gasteiger partial charge in [-0.25, -0.2) is 4.79 Å². The Labute approximate surface area is 137 Å². The molecule has 0 spiro atoms. The number of nitro groups is 1. The first-order chi connectivity index (χ1) is 11.3. The number of hydrogen-bond donors (Lipinski definition) is 2. The first-order valence-corrected chi connectivity index (χ1v) is 7.11. The van der Waals surface area contributed by atoms with E-state index in [4.69, 9.17) is 0 Å². The van der Waals surface area contributed by atoms with Gasteiger partial charge < -0.3 is 10.4 Å². The number of aromatic nitrogens is 2. The molecule has 9 heteroatoms. The van der Waals surface area contributed by atoms with Crippen LogP contribution >= 0.6 is 0 Å². The maximum Gasteiger partial charge on any atom is 0.334 e. The Morgan fingerprint density at radius 3 is 2.50 bits per heavy atom. The van der Waals surface area contributed by atoms with Crippen LogP contribution in [0.1, 0.15) is 29.4 Å². The summed E-state index contributed by atoms with van der Waals surface area (Å²) >= 11 is 0. The molecular formula is C15H16N4O5. The third-order valence-corrected chi connectivity index (χ3v) is 3.71. The van der Waals surface area contributed by atoms with E-state index >= 15 is 0 Å². The van der Waals surface area contributed by atoms with Crippen molar-refractivity contribution in [2.75, 3.05) is 0 Å². The van der Waals surface area contributed by atoms with Gasteiger partial charge in [-0.15, -0.1) is 0 Å². The SMILES string of the molecule is CCC(NC(=O)c1nn(C)cc1[N+](=O)[O-])(C(=O)O)c1ccccc1. The van der Waals surface area contributed by atoms with Crippen molar-refractivity contribution in [3.05, 3.63) is 57.9 Å². The van der Waals surface area contributed by atoms with Crippen LogP contribution in [0.3, 0.4) is 0 Å². The van der Waals surface area contributed by atoms with Crippen molar-refractivity contribution < 1.29 is 19.6 Å². The van der Waals surface area contributed by atoms with Crippen molar-refractivity contribution in [2.24, 2.45) is 7.05 Å². The van der Waals surface area contributed by atoms with Gasteiger partial charge >= 0.3 is 11.7 Å². The Bertz CT molecular complexity index is 786. The van der Waals surface area contributed by atoms with Gasteiger partial charge in [0.2, 0.25) is 5.69 Å². The Balaban J connectivity index is 2.46. The lowest BCUT2D eigenvalue weighted by Crippen LogP contribution is -2.51. The third-order valence-electron chi connectivity index (χ3n) is 3.71. The molecule has 0 aliphatic heterocycles. The summed E-state index contributed by atoms with van der Waals surface area (Å²) < 4.78 is 1.13. The summed E-state index contributed by atoms with van der Waals surface area (Å²) in [5, 5.41) is 26.9. The average Bonchev–Trinajstić information content (AvgIpc) is 2.95.